The van der Waals surface area contributed by atoms with Crippen molar-refractivity contribution in [3.05, 3.63) is 77.8 Å². The lowest BCUT2D eigenvalue weighted by Crippen LogP contribution is -2.41. The van der Waals surface area contributed by atoms with Gasteiger partial charge in [-0.1, -0.05) is 29.4 Å². The minimum Gasteiger partial charge on any atom is -0.351 e. The van der Waals surface area contributed by atoms with Gasteiger partial charge in [0.05, 0.1) is 28.2 Å². The van der Waals surface area contributed by atoms with Crippen LogP contribution in [0.15, 0.2) is 65.3 Å². The molecule has 28 heavy (non-hydrogen) atoms. The van der Waals surface area contributed by atoms with Crippen molar-refractivity contribution >= 4 is 22.7 Å². The highest BCUT2D eigenvalue weighted by molar-refractivity contribution is 6.07. The van der Waals surface area contributed by atoms with Crippen LogP contribution in [0.25, 0.3) is 22.3 Å². The summed E-state index contributed by atoms with van der Waals surface area (Å²) in [6, 6.07) is 15.8. The van der Waals surface area contributed by atoms with Gasteiger partial charge in [0.25, 0.3) is 5.91 Å². The third kappa shape index (κ3) is 3.43. The Morgan fingerprint density at radius 3 is 2.46 bits per heavy atom. The highest BCUT2D eigenvalue weighted by Gasteiger charge is 2.17. The number of benzene rings is 1. The van der Waals surface area contributed by atoms with E-state index in [0.29, 0.717) is 33.5 Å². The van der Waals surface area contributed by atoms with Crippen LogP contribution in [-0.4, -0.2) is 26.9 Å². The molecule has 0 aliphatic carbocycles. The van der Waals surface area contributed by atoms with Gasteiger partial charge in [0, 0.05) is 17.6 Å². The Balaban J connectivity index is 1.65. The SMILES string of the molecule is Cc1cc(C(=O)NNC(=O)c2cc(-c3ccccn3)nc3ccccc23)on1. The van der Waals surface area contributed by atoms with E-state index in [1.165, 1.54) is 6.07 Å². The fraction of sp³-hybridized carbons (Fsp3) is 0.0500. The van der Waals surface area contributed by atoms with Crippen LogP contribution < -0.4 is 10.9 Å². The third-order valence-electron chi connectivity index (χ3n) is 4.03. The number of carbonyl (C=O) groups is 2. The number of rotatable bonds is 3. The van der Waals surface area contributed by atoms with Crippen molar-refractivity contribution in [2.24, 2.45) is 0 Å². The smallest absolute Gasteiger partial charge is 0.308 e. The molecule has 8 heteroatoms. The van der Waals surface area contributed by atoms with Gasteiger partial charge in [-0.3, -0.25) is 25.4 Å². The first-order valence-electron chi connectivity index (χ1n) is 8.47. The highest BCUT2D eigenvalue weighted by atomic mass is 16.5. The van der Waals surface area contributed by atoms with Gasteiger partial charge >= 0.3 is 5.91 Å². The molecule has 0 atom stereocenters. The molecule has 8 nitrogen and oxygen atoms in total. The van der Waals surface area contributed by atoms with E-state index < -0.39 is 11.8 Å². The lowest BCUT2D eigenvalue weighted by molar-refractivity contribution is 0.0826. The number of aromatic nitrogens is 3. The molecule has 4 rings (SSSR count). The van der Waals surface area contributed by atoms with Gasteiger partial charge in [-0.15, -0.1) is 0 Å². The lowest BCUT2D eigenvalue weighted by atomic mass is 10.1. The van der Waals surface area contributed by atoms with Crippen molar-refractivity contribution in [2.75, 3.05) is 0 Å². The van der Waals surface area contributed by atoms with Crippen molar-refractivity contribution in [1.29, 1.82) is 0 Å². The molecule has 4 aromatic rings. The molecule has 0 aliphatic heterocycles. The maximum Gasteiger partial charge on any atom is 0.308 e. The monoisotopic (exact) mass is 373 g/mol. The molecule has 0 spiro atoms. The fourth-order valence-corrected chi connectivity index (χ4v) is 2.72. The van der Waals surface area contributed by atoms with Crippen LogP contribution in [0, 0.1) is 6.92 Å². The summed E-state index contributed by atoms with van der Waals surface area (Å²) in [7, 11) is 0. The summed E-state index contributed by atoms with van der Waals surface area (Å²) in [5.74, 6) is -1.08. The van der Waals surface area contributed by atoms with Crippen LogP contribution in [0.2, 0.25) is 0 Å². The Bertz CT molecular complexity index is 1170. The zero-order valence-corrected chi connectivity index (χ0v) is 14.8. The Labute approximate surface area is 159 Å². The summed E-state index contributed by atoms with van der Waals surface area (Å²) in [5.41, 5.74) is 7.50. The average Bonchev–Trinajstić information content (AvgIpc) is 3.18. The van der Waals surface area contributed by atoms with Gasteiger partial charge in [0.15, 0.2) is 0 Å². The number of fused-ring (bicyclic) bond motifs is 1. The second-order valence-electron chi connectivity index (χ2n) is 6.03. The zero-order chi connectivity index (χ0) is 19.5. The van der Waals surface area contributed by atoms with Gasteiger partial charge in [-0.05, 0) is 31.2 Å². The van der Waals surface area contributed by atoms with Crippen molar-refractivity contribution in [1.82, 2.24) is 26.0 Å². The van der Waals surface area contributed by atoms with Gasteiger partial charge in [-0.2, -0.15) is 0 Å². The van der Waals surface area contributed by atoms with E-state index in [4.69, 9.17) is 4.52 Å². The van der Waals surface area contributed by atoms with Gasteiger partial charge < -0.3 is 4.52 Å². The first kappa shape index (κ1) is 17.3. The third-order valence-corrected chi connectivity index (χ3v) is 4.03. The van der Waals surface area contributed by atoms with E-state index in [0.717, 1.165) is 0 Å². The molecule has 0 fully saturated rings. The van der Waals surface area contributed by atoms with E-state index in [1.54, 1.807) is 31.3 Å². The number of nitrogens with zero attached hydrogens (tertiary/aromatic N) is 3. The van der Waals surface area contributed by atoms with Crippen LogP contribution in [0.4, 0.5) is 0 Å². The number of hydrogen-bond acceptors (Lipinski definition) is 6. The van der Waals surface area contributed by atoms with Crippen LogP contribution in [0.1, 0.15) is 26.6 Å². The Kier molecular flexibility index (Phi) is 4.51. The summed E-state index contributed by atoms with van der Waals surface area (Å²) in [6.45, 7) is 1.70. The molecular weight excluding hydrogens is 358 g/mol. The standard InChI is InChI=1S/C20H15N5O3/c1-12-10-18(28-25-12)20(27)24-23-19(26)14-11-17(16-8-4-5-9-21-16)22-15-7-3-2-6-13(14)15/h2-11H,1H3,(H,23,26)(H,24,27). The van der Waals surface area contributed by atoms with Gasteiger partial charge in [-0.25, -0.2) is 4.98 Å². The predicted octanol–water partition coefficient (Wildman–Crippen LogP) is 2.67. The molecule has 0 radical (unpaired) electrons. The quantitative estimate of drug-likeness (QED) is 0.534. The maximum absolute atomic E-state index is 12.8. The molecule has 138 valence electrons. The largest absolute Gasteiger partial charge is 0.351 e. The Hall–Kier alpha value is -4.07. The van der Waals surface area contributed by atoms with Crippen molar-refractivity contribution in [2.45, 2.75) is 6.92 Å². The van der Waals surface area contributed by atoms with E-state index in [1.807, 2.05) is 30.3 Å². The molecule has 0 saturated carbocycles. The molecule has 2 amide bonds. The van der Waals surface area contributed by atoms with Crippen molar-refractivity contribution in [3.63, 3.8) is 0 Å². The number of pyridine rings is 2. The number of aryl methyl sites for hydroxylation is 1. The first-order chi connectivity index (χ1) is 13.6. The molecule has 0 unspecified atom stereocenters. The van der Waals surface area contributed by atoms with Gasteiger partial charge in [0.2, 0.25) is 5.76 Å². The maximum atomic E-state index is 12.8. The molecule has 0 saturated heterocycles. The molecule has 2 N–H and O–H groups in total. The molecule has 0 aliphatic rings. The number of hydrogen-bond donors (Lipinski definition) is 2. The van der Waals surface area contributed by atoms with Crippen molar-refractivity contribution < 1.29 is 14.1 Å². The molecule has 3 aromatic heterocycles. The van der Waals surface area contributed by atoms with E-state index >= 15 is 0 Å². The van der Waals surface area contributed by atoms with Crippen molar-refractivity contribution in [3.8, 4) is 11.4 Å². The summed E-state index contributed by atoms with van der Waals surface area (Å²) in [4.78, 5) is 33.7. The summed E-state index contributed by atoms with van der Waals surface area (Å²) in [6.07, 6.45) is 1.66. The number of carbonyl (C=O) groups excluding carboxylic acids is 2. The molecule has 0 bridgehead atoms. The zero-order valence-electron chi connectivity index (χ0n) is 14.8. The van der Waals surface area contributed by atoms with Crippen LogP contribution in [-0.2, 0) is 0 Å². The second kappa shape index (κ2) is 7.28. The highest BCUT2D eigenvalue weighted by Crippen LogP contribution is 2.23. The first-order valence-corrected chi connectivity index (χ1v) is 8.47. The minimum atomic E-state index is -0.600. The van der Waals surface area contributed by atoms with Crippen LogP contribution in [0.3, 0.4) is 0 Å². The Morgan fingerprint density at radius 1 is 0.929 bits per heavy atom. The average molecular weight is 373 g/mol. The minimum absolute atomic E-state index is 0.00607. The van der Waals surface area contributed by atoms with Crippen LogP contribution >= 0.6 is 0 Å². The topological polar surface area (TPSA) is 110 Å². The normalized spacial score (nSPS) is 10.6. The summed E-state index contributed by atoms with van der Waals surface area (Å²) >= 11 is 0. The molecule has 3 heterocycles. The number of para-hydroxylation sites is 1. The predicted molar refractivity (Wildman–Crippen MR) is 101 cm³/mol. The van der Waals surface area contributed by atoms with E-state index in [2.05, 4.69) is 26.0 Å². The number of nitrogens with one attached hydrogen (secondary N) is 2. The number of hydrazine groups is 1. The lowest BCUT2D eigenvalue weighted by Gasteiger charge is -2.10. The van der Waals surface area contributed by atoms with E-state index in [-0.39, 0.29) is 5.76 Å². The molecule has 1 aromatic carbocycles. The van der Waals surface area contributed by atoms with Gasteiger partial charge in [0.1, 0.15) is 0 Å². The summed E-state index contributed by atoms with van der Waals surface area (Å²) < 4.78 is 4.88. The Morgan fingerprint density at radius 2 is 1.71 bits per heavy atom. The van der Waals surface area contributed by atoms with E-state index in [9.17, 15) is 9.59 Å². The molecular formula is C20H15N5O3. The fourth-order valence-electron chi connectivity index (χ4n) is 2.72. The number of amides is 2. The summed E-state index contributed by atoms with van der Waals surface area (Å²) in [5, 5.41) is 4.30. The second-order valence-corrected chi connectivity index (χ2v) is 6.03. The van der Waals surface area contributed by atoms with Crippen LogP contribution in [0.5, 0.6) is 0 Å².